The Kier molecular flexibility index (Phi) is 7.50. The molecule has 250 valence electrons. The quantitative estimate of drug-likeness (QED) is 0.326. The van der Waals surface area contributed by atoms with Gasteiger partial charge in [0.15, 0.2) is 0 Å². The fourth-order valence-corrected chi connectivity index (χ4v) is 11.5. The Labute approximate surface area is 294 Å². The molecule has 10 rings (SSSR count). The molecule has 6 atom stereocenters. The van der Waals surface area contributed by atoms with Gasteiger partial charge in [0.05, 0.1) is 11.9 Å². The number of nitrogens with one attached hydrogen (secondary N) is 1. The molecule has 2 nitrogen and oxygen atoms in total. The van der Waals surface area contributed by atoms with Gasteiger partial charge in [-0.3, -0.25) is 0 Å². The third-order valence-corrected chi connectivity index (χ3v) is 13.7. The van der Waals surface area contributed by atoms with Crippen molar-refractivity contribution in [3.63, 3.8) is 0 Å². The average molecular weight is 645 g/mol. The summed E-state index contributed by atoms with van der Waals surface area (Å²) in [4.78, 5) is 2.82. The van der Waals surface area contributed by atoms with Crippen molar-refractivity contribution < 1.29 is 0 Å². The standard InChI is InChI=1S/C47H52N2/c1-2-43-48-41-21-9-10-22-42(41)49(43)36-26-25-33-27-35(24-23-34(33)28-36)40-29-39(30-13-5-3-6-14-30)46-37-19-11-17-31-18-12-20-38(44(31)37)47(46)45(40)32-15-7-4-8-16-32/h3,5-7,10-11,13-15,17,19-20,22,24,32-34,36,39,43,48H,2,4,8-9,12,16,18,21,23,25-29H2,1H3. The summed E-state index contributed by atoms with van der Waals surface area (Å²) in [5.41, 5.74) is 19.2. The predicted molar refractivity (Wildman–Crippen MR) is 203 cm³/mol. The Morgan fingerprint density at radius 3 is 2.65 bits per heavy atom. The van der Waals surface area contributed by atoms with E-state index >= 15 is 0 Å². The Morgan fingerprint density at radius 1 is 0.837 bits per heavy atom. The van der Waals surface area contributed by atoms with Crippen LogP contribution in [-0.2, 0) is 6.42 Å². The molecule has 0 bridgehead atoms. The zero-order valence-corrected chi connectivity index (χ0v) is 29.4. The summed E-state index contributed by atoms with van der Waals surface area (Å²) < 4.78 is 0. The molecule has 1 fully saturated rings. The lowest BCUT2D eigenvalue weighted by atomic mass is 9.64. The van der Waals surface area contributed by atoms with Gasteiger partial charge in [0.2, 0.25) is 0 Å². The molecule has 8 aliphatic rings. The highest BCUT2D eigenvalue weighted by Gasteiger charge is 2.44. The summed E-state index contributed by atoms with van der Waals surface area (Å²) in [6.45, 7) is 2.36. The average Bonchev–Trinajstić information content (AvgIpc) is 3.72. The van der Waals surface area contributed by atoms with Crippen LogP contribution in [0.3, 0.4) is 0 Å². The van der Waals surface area contributed by atoms with Crippen LogP contribution < -0.4 is 5.32 Å². The molecular weight excluding hydrogens is 593 g/mol. The molecule has 1 heterocycles. The highest BCUT2D eigenvalue weighted by Crippen LogP contribution is 2.61. The number of aryl methyl sites for hydroxylation is 1. The van der Waals surface area contributed by atoms with E-state index < -0.39 is 0 Å². The van der Waals surface area contributed by atoms with Gasteiger partial charge in [0.1, 0.15) is 0 Å². The Morgan fingerprint density at radius 2 is 1.78 bits per heavy atom. The van der Waals surface area contributed by atoms with Crippen molar-refractivity contribution in [2.45, 2.75) is 115 Å². The van der Waals surface area contributed by atoms with Gasteiger partial charge >= 0.3 is 0 Å². The molecule has 2 aromatic rings. The summed E-state index contributed by atoms with van der Waals surface area (Å²) >= 11 is 0. The van der Waals surface area contributed by atoms with Crippen LogP contribution in [0.5, 0.6) is 0 Å². The summed E-state index contributed by atoms with van der Waals surface area (Å²) in [5, 5.41) is 3.93. The third kappa shape index (κ3) is 4.87. The van der Waals surface area contributed by atoms with Crippen LogP contribution in [-0.4, -0.2) is 17.1 Å². The molecule has 7 aliphatic carbocycles. The van der Waals surface area contributed by atoms with Crippen molar-refractivity contribution in [3.05, 3.63) is 141 Å². The van der Waals surface area contributed by atoms with E-state index in [-0.39, 0.29) is 0 Å². The predicted octanol–water partition coefficient (Wildman–Crippen LogP) is 11.3. The number of hydrogen-bond acceptors (Lipinski definition) is 2. The zero-order chi connectivity index (χ0) is 32.5. The number of fused-ring (bicyclic) bond motifs is 3. The summed E-state index contributed by atoms with van der Waals surface area (Å²) in [6.07, 6.45) is 33.2. The van der Waals surface area contributed by atoms with Crippen molar-refractivity contribution in [1.29, 1.82) is 0 Å². The van der Waals surface area contributed by atoms with E-state index in [0.29, 0.717) is 24.0 Å². The molecule has 6 unspecified atom stereocenters. The molecule has 1 aliphatic heterocycles. The molecule has 2 aromatic carbocycles. The molecule has 0 saturated heterocycles. The van der Waals surface area contributed by atoms with Crippen molar-refractivity contribution >= 4 is 11.1 Å². The van der Waals surface area contributed by atoms with Crippen LogP contribution in [0.15, 0.2) is 119 Å². The van der Waals surface area contributed by atoms with Crippen molar-refractivity contribution in [1.82, 2.24) is 10.2 Å². The fraction of sp³-hybridized carbons (Fsp3) is 0.447. The normalized spacial score (nSPS) is 31.6. The first-order valence-corrected chi connectivity index (χ1v) is 19.9. The Bertz CT molecular complexity index is 1890. The van der Waals surface area contributed by atoms with Crippen LogP contribution in [0.2, 0.25) is 0 Å². The maximum absolute atomic E-state index is 3.93. The van der Waals surface area contributed by atoms with Crippen LogP contribution in [0.1, 0.15) is 119 Å². The number of hydrogen-bond donors (Lipinski definition) is 1. The van der Waals surface area contributed by atoms with Gasteiger partial charge in [-0.05, 0) is 163 Å². The molecule has 1 saturated carbocycles. The molecule has 0 aromatic heterocycles. The molecule has 0 amide bonds. The van der Waals surface area contributed by atoms with E-state index in [4.69, 9.17) is 0 Å². The van der Waals surface area contributed by atoms with E-state index in [1.54, 1.807) is 44.6 Å². The van der Waals surface area contributed by atoms with Crippen LogP contribution in [0.4, 0.5) is 0 Å². The minimum Gasteiger partial charge on any atom is -0.367 e. The second-order valence-electron chi connectivity index (χ2n) is 16.2. The summed E-state index contributed by atoms with van der Waals surface area (Å²) in [7, 11) is 0. The molecule has 0 radical (unpaired) electrons. The first kappa shape index (κ1) is 30.1. The Hall–Kier alpha value is -3.78. The lowest BCUT2D eigenvalue weighted by Gasteiger charge is -2.45. The monoisotopic (exact) mass is 644 g/mol. The van der Waals surface area contributed by atoms with E-state index in [9.17, 15) is 0 Å². The van der Waals surface area contributed by atoms with Gasteiger partial charge in [-0.1, -0.05) is 85.8 Å². The Balaban J connectivity index is 1.05. The van der Waals surface area contributed by atoms with Crippen LogP contribution in [0.25, 0.3) is 11.1 Å². The topological polar surface area (TPSA) is 15.3 Å². The number of rotatable bonds is 5. The van der Waals surface area contributed by atoms with Crippen LogP contribution in [0, 0.1) is 17.8 Å². The van der Waals surface area contributed by atoms with Gasteiger partial charge in [0.25, 0.3) is 0 Å². The van der Waals surface area contributed by atoms with Gasteiger partial charge < -0.3 is 10.2 Å². The van der Waals surface area contributed by atoms with Crippen molar-refractivity contribution in [2.24, 2.45) is 17.8 Å². The van der Waals surface area contributed by atoms with Gasteiger partial charge in [-0.2, -0.15) is 0 Å². The van der Waals surface area contributed by atoms with Crippen molar-refractivity contribution in [3.8, 4) is 0 Å². The summed E-state index contributed by atoms with van der Waals surface area (Å²) in [5.74, 6) is 2.55. The maximum atomic E-state index is 3.93. The number of allylic oxidation sites excluding steroid dienone is 13. The second-order valence-corrected chi connectivity index (χ2v) is 16.2. The molecule has 49 heavy (non-hydrogen) atoms. The van der Waals surface area contributed by atoms with E-state index in [0.717, 1.165) is 24.7 Å². The second kappa shape index (κ2) is 12.2. The lowest BCUT2D eigenvalue weighted by Crippen LogP contribution is -2.47. The first-order chi connectivity index (χ1) is 24.3. The van der Waals surface area contributed by atoms with Crippen LogP contribution >= 0.6 is 0 Å². The molecule has 1 N–H and O–H groups in total. The zero-order valence-electron chi connectivity index (χ0n) is 29.4. The van der Waals surface area contributed by atoms with Gasteiger partial charge in [-0.15, -0.1) is 0 Å². The smallest absolute Gasteiger partial charge is 0.0988 e. The fourth-order valence-electron chi connectivity index (χ4n) is 11.5. The van der Waals surface area contributed by atoms with Gasteiger partial charge in [-0.25, -0.2) is 0 Å². The third-order valence-electron chi connectivity index (χ3n) is 13.7. The molecule has 0 spiro atoms. The van der Waals surface area contributed by atoms with E-state index in [1.807, 2.05) is 0 Å². The van der Waals surface area contributed by atoms with E-state index in [2.05, 4.69) is 102 Å². The minimum absolute atomic E-state index is 0.412. The molecule has 2 heteroatoms. The molecular formula is C47H52N2. The first-order valence-electron chi connectivity index (χ1n) is 19.9. The number of nitrogens with zero attached hydrogens (tertiary/aromatic N) is 1. The SMILES string of the molecule is CCC1NC2=C(C=CCC2)N1C1CCC2CC(C3=C(C4C=CCCC4)C4=C(c5cccc6c5C4=CCC6)C(c4ccccc4)C3)=CCC2C1. The summed E-state index contributed by atoms with van der Waals surface area (Å²) in [6, 6.07) is 19.4. The largest absolute Gasteiger partial charge is 0.367 e. The number of benzene rings is 2. The highest BCUT2D eigenvalue weighted by molar-refractivity contribution is 6.07. The minimum atomic E-state index is 0.412. The van der Waals surface area contributed by atoms with E-state index in [1.165, 1.54) is 99.6 Å². The highest BCUT2D eigenvalue weighted by atomic mass is 15.3. The van der Waals surface area contributed by atoms with Crippen molar-refractivity contribution in [2.75, 3.05) is 0 Å². The lowest BCUT2D eigenvalue weighted by molar-refractivity contribution is 0.0934. The van der Waals surface area contributed by atoms with Gasteiger partial charge in [0, 0.05) is 23.6 Å². The maximum Gasteiger partial charge on any atom is 0.0988 e.